The minimum atomic E-state index is -3.89. The van der Waals surface area contributed by atoms with Crippen molar-refractivity contribution in [3.63, 3.8) is 0 Å². The third kappa shape index (κ3) is 3.52. The van der Waals surface area contributed by atoms with Crippen LogP contribution in [0.15, 0.2) is 23.4 Å². The van der Waals surface area contributed by atoms with E-state index in [1.54, 1.807) is 0 Å². The molecule has 19 heavy (non-hydrogen) atoms. The van der Waals surface area contributed by atoms with Gasteiger partial charge in [-0.15, -0.1) is 0 Å². The SMILES string of the molecule is O=S(=O)(NC1CCCCC1CBr)c1ncccc1F. The van der Waals surface area contributed by atoms with Gasteiger partial charge in [0.2, 0.25) is 5.03 Å². The highest BCUT2D eigenvalue weighted by atomic mass is 79.9. The van der Waals surface area contributed by atoms with Gasteiger partial charge in [-0.25, -0.2) is 22.5 Å². The number of aromatic nitrogens is 1. The molecule has 2 atom stereocenters. The van der Waals surface area contributed by atoms with Gasteiger partial charge in [0.05, 0.1) is 0 Å². The van der Waals surface area contributed by atoms with Gasteiger partial charge in [-0.1, -0.05) is 28.8 Å². The van der Waals surface area contributed by atoms with Crippen LogP contribution in [0.2, 0.25) is 0 Å². The minimum Gasteiger partial charge on any atom is -0.241 e. The molecule has 1 aromatic heterocycles. The van der Waals surface area contributed by atoms with Gasteiger partial charge < -0.3 is 0 Å². The summed E-state index contributed by atoms with van der Waals surface area (Å²) in [7, 11) is -3.89. The van der Waals surface area contributed by atoms with Crippen LogP contribution in [0.1, 0.15) is 25.7 Å². The number of nitrogens with one attached hydrogen (secondary N) is 1. The summed E-state index contributed by atoms with van der Waals surface area (Å²) >= 11 is 3.41. The normalized spacial score (nSPS) is 24.3. The standard InChI is InChI=1S/C12H16BrFN2O2S/c13-8-9-4-1-2-6-11(9)16-19(17,18)12-10(14)5-3-7-15-12/h3,5,7,9,11,16H,1-2,4,6,8H2. The summed E-state index contributed by atoms with van der Waals surface area (Å²) in [6, 6.07) is 2.32. The van der Waals surface area contributed by atoms with Gasteiger partial charge in [0.25, 0.3) is 10.0 Å². The summed E-state index contributed by atoms with van der Waals surface area (Å²) in [4.78, 5) is 3.63. The Labute approximate surface area is 121 Å². The maximum atomic E-state index is 13.5. The fourth-order valence-electron chi connectivity index (χ4n) is 2.37. The van der Waals surface area contributed by atoms with Crippen LogP contribution in [0, 0.1) is 11.7 Å². The number of sulfonamides is 1. The number of rotatable bonds is 4. The van der Waals surface area contributed by atoms with E-state index in [0.717, 1.165) is 37.1 Å². The molecule has 106 valence electrons. The maximum absolute atomic E-state index is 13.5. The summed E-state index contributed by atoms with van der Waals surface area (Å²) in [5, 5.41) is 0.221. The monoisotopic (exact) mass is 350 g/mol. The van der Waals surface area contributed by atoms with E-state index in [9.17, 15) is 12.8 Å². The second-order valence-corrected chi connectivity index (χ2v) is 6.99. The Morgan fingerprint density at radius 1 is 1.42 bits per heavy atom. The Hall–Kier alpha value is -0.530. The topological polar surface area (TPSA) is 59.1 Å². The maximum Gasteiger partial charge on any atom is 0.261 e. The lowest BCUT2D eigenvalue weighted by Gasteiger charge is -2.30. The van der Waals surface area contributed by atoms with Crippen LogP contribution in [0.5, 0.6) is 0 Å². The molecule has 0 amide bonds. The molecular weight excluding hydrogens is 335 g/mol. The molecule has 4 nitrogen and oxygen atoms in total. The second-order valence-electron chi connectivity index (χ2n) is 4.72. The molecule has 1 aromatic rings. The molecule has 1 aliphatic carbocycles. The van der Waals surface area contributed by atoms with Crippen molar-refractivity contribution in [2.45, 2.75) is 36.8 Å². The van der Waals surface area contributed by atoms with Gasteiger partial charge in [0, 0.05) is 17.6 Å². The molecule has 0 aromatic carbocycles. The average Bonchev–Trinajstić information content (AvgIpc) is 2.39. The van der Waals surface area contributed by atoms with Crippen LogP contribution in [-0.4, -0.2) is 24.8 Å². The van der Waals surface area contributed by atoms with Gasteiger partial charge in [-0.2, -0.15) is 0 Å². The van der Waals surface area contributed by atoms with Crippen molar-refractivity contribution >= 4 is 26.0 Å². The van der Waals surface area contributed by atoms with Crippen LogP contribution in [0.25, 0.3) is 0 Å². The third-order valence-electron chi connectivity index (χ3n) is 3.39. The van der Waals surface area contributed by atoms with Crippen molar-refractivity contribution in [2.24, 2.45) is 5.92 Å². The second kappa shape index (κ2) is 6.28. The van der Waals surface area contributed by atoms with E-state index in [1.807, 2.05) is 0 Å². The minimum absolute atomic E-state index is 0.153. The molecule has 0 saturated heterocycles. The Bertz CT molecular complexity index is 538. The van der Waals surface area contributed by atoms with Gasteiger partial charge in [0.15, 0.2) is 5.82 Å². The lowest BCUT2D eigenvalue weighted by molar-refractivity contribution is 0.316. The van der Waals surface area contributed by atoms with Crippen LogP contribution >= 0.6 is 15.9 Å². The number of hydrogen-bond donors (Lipinski definition) is 1. The first kappa shape index (κ1) is 14.9. The van der Waals surface area contributed by atoms with E-state index in [-0.39, 0.29) is 12.0 Å². The Balaban J connectivity index is 2.19. The number of nitrogens with zero attached hydrogens (tertiary/aromatic N) is 1. The summed E-state index contributed by atoms with van der Waals surface area (Å²) in [5.41, 5.74) is 0. The van der Waals surface area contributed by atoms with Crippen LogP contribution in [-0.2, 0) is 10.0 Å². The Morgan fingerprint density at radius 2 is 2.16 bits per heavy atom. The van der Waals surface area contributed by atoms with E-state index in [2.05, 4.69) is 25.6 Å². The summed E-state index contributed by atoms with van der Waals surface area (Å²) < 4.78 is 40.4. The predicted octanol–water partition coefficient (Wildman–Crippen LogP) is 2.45. The largest absolute Gasteiger partial charge is 0.261 e. The summed E-state index contributed by atoms with van der Waals surface area (Å²) in [6.07, 6.45) is 5.13. The lowest BCUT2D eigenvalue weighted by atomic mass is 9.87. The van der Waals surface area contributed by atoms with Crippen molar-refractivity contribution in [2.75, 3.05) is 5.33 Å². The Kier molecular flexibility index (Phi) is 4.92. The third-order valence-corrected chi connectivity index (χ3v) is 5.65. The van der Waals surface area contributed by atoms with E-state index >= 15 is 0 Å². The first-order valence-corrected chi connectivity index (χ1v) is 8.84. The fraction of sp³-hybridized carbons (Fsp3) is 0.583. The molecule has 0 spiro atoms. The molecule has 2 rings (SSSR count). The van der Waals surface area contributed by atoms with E-state index in [1.165, 1.54) is 12.3 Å². The highest BCUT2D eigenvalue weighted by molar-refractivity contribution is 9.09. The van der Waals surface area contributed by atoms with Gasteiger partial charge in [0.1, 0.15) is 0 Å². The van der Waals surface area contributed by atoms with Crippen molar-refractivity contribution in [1.29, 1.82) is 0 Å². The van der Waals surface area contributed by atoms with E-state index in [4.69, 9.17) is 0 Å². The number of alkyl halides is 1. The van der Waals surface area contributed by atoms with Crippen LogP contribution < -0.4 is 4.72 Å². The average molecular weight is 351 g/mol. The highest BCUT2D eigenvalue weighted by Gasteiger charge is 2.30. The van der Waals surface area contributed by atoms with E-state index in [0.29, 0.717) is 0 Å². The highest BCUT2D eigenvalue weighted by Crippen LogP contribution is 2.27. The molecule has 1 fully saturated rings. The predicted molar refractivity (Wildman–Crippen MR) is 74.1 cm³/mol. The van der Waals surface area contributed by atoms with Gasteiger partial charge in [-0.3, -0.25) is 0 Å². The van der Waals surface area contributed by atoms with Crippen molar-refractivity contribution in [3.8, 4) is 0 Å². The lowest BCUT2D eigenvalue weighted by Crippen LogP contribution is -2.43. The molecule has 7 heteroatoms. The number of pyridine rings is 1. The zero-order valence-corrected chi connectivity index (χ0v) is 12.8. The molecule has 0 bridgehead atoms. The summed E-state index contributed by atoms with van der Waals surface area (Å²) in [5.74, 6) is -0.573. The van der Waals surface area contributed by atoms with Crippen molar-refractivity contribution in [1.82, 2.24) is 9.71 Å². The van der Waals surface area contributed by atoms with Crippen molar-refractivity contribution in [3.05, 3.63) is 24.1 Å². The molecule has 2 unspecified atom stereocenters. The molecule has 1 aliphatic rings. The molecule has 0 aliphatic heterocycles. The zero-order valence-electron chi connectivity index (χ0n) is 10.4. The van der Waals surface area contributed by atoms with Crippen LogP contribution in [0.3, 0.4) is 0 Å². The molecule has 0 radical (unpaired) electrons. The number of hydrogen-bond acceptors (Lipinski definition) is 3. The first-order valence-electron chi connectivity index (χ1n) is 6.23. The van der Waals surface area contributed by atoms with Gasteiger partial charge >= 0.3 is 0 Å². The smallest absolute Gasteiger partial charge is 0.241 e. The van der Waals surface area contributed by atoms with Crippen molar-refractivity contribution < 1.29 is 12.8 Å². The van der Waals surface area contributed by atoms with Crippen LogP contribution in [0.4, 0.5) is 4.39 Å². The van der Waals surface area contributed by atoms with E-state index < -0.39 is 20.9 Å². The molecule has 1 saturated carbocycles. The molecular formula is C12H16BrFN2O2S. The number of halogens is 2. The molecule has 1 N–H and O–H groups in total. The zero-order chi connectivity index (χ0) is 13.9. The van der Waals surface area contributed by atoms with Gasteiger partial charge in [-0.05, 0) is 30.9 Å². The quantitative estimate of drug-likeness (QED) is 0.848. The Morgan fingerprint density at radius 3 is 2.84 bits per heavy atom. The first-order chi connectivity index (χ1) is 9.04. The fourth-order valence-corrected chi connectivity index (χ4v) is 4.49. The summed E-state index contributed by atoms with van der Waals surface area (Å²) in [6.45, 7) is 0. The molecule has 1 heterocycles.